The number of carboxylic acids is 4. The number of aliphatic hydroxyl groups is 1. The number of aliphatic hydroxyl groups excluding tert-OH is 1. The Balaban J connectivity index is 3.23. The van der Waals surface area contributed by atoms with Gasteiger partial charge in [0.15, 0.2) is 0 Å². The fraction of sp³-hybridized carbons (Fsp3) is 0.533. The molecular formula is C30H44N10O16. The van der Waals surface area contributed by atoms with Crippen LogP contribution in [0.4, 0.5) is 0 Å². The van der Waals surface area contributed by atoms with E-state index in [1.807, 2.05) is 16.0 Å². The van der Waals surface area contributed by atoms with Crippen molar-refractivity contribution in [3.63, 3.8) is 0 Å². The van der Waals surface area contributed by atoms with Gasteiger partial charge in [-0.25, -0.2) is 9.78 Å². The van der Waals surface area contributed by atoms with Crippen LogP contribution in [0.3, 0.4) is 0 Å². The summed E-state index contributed by atoms with van der Waals surface area (Å²) in [5.74, 6) is -14.7. The molecule has 0 saturated carbocycles. The molecule has 7 atom stereocenters. The minimum absolute atomic E-state index is 0.272. The summed E-state index contributed by atoms with van der Waals surface area (Å²) in [5, 5.41) is 59.6. The molecule has 56 heavy (non-hydrogen) atoms. The first-order chi connectivity index (χ1) is 26.1. The van der Waals surface area contributed by atoms with Crippen LogP contribution < -0.4 is 43.4 Å². The van der Waals surface area contributed by atoms with Crippen LogP contribution in [-0.2, 0) is 59.2 Å². The highest BCUT2D eigenvalue weighted by Gasteiger charge is 2.35. The Morgan fingerprint density at radius 1 is 0.625 bits per heavy atom. The number of nitrogens with one attached hydrogen (secondary N) is 7. The summed E-state index contributed by atoms with van der Waals surface area (Å²) < 4.78 is 0. The molecule has 0 aliphatic rings. The number of primary amides is 1. The van der Waals surface area contributed by atoms with Gasteiger partial charge in [0.25, 0.3) is 0 Å². The molecule has 0 aromatic carbocycles. The van der Waals surface area contributed by atoms with Gasteiger partial charge in [0.2, 0.25) is 41.4 Å². The van der Waals surface area contributed by atoms with Crippen LogP contribution in [0.2, 0.25) is 0 Å². The quantitative estimate of drug-likeness (QED) is 0.0414. The van der Waals surface area contributed by atoms with Crippen molar-refractivity contribution < 1.29 is 78.3 Å². The van der Waals surface area contributed by atoms with Gasteiger partial charge in [-0.2, -0.15) is 0 Å². The number of rotatable bonds is 26. The van der Waals surface area contributed by atoms with Crippen LogP contribution >= 0.6 is 0 Å². The second kappa shape index (κ2) is 23.2. The third kappa shape index (κ3) is 17.4. The maximum absolute atomic E-state index is 13.3. The van der Waals surface area contributed by atoms with Gasteiger partial charge in [-0.3, -0.25) is 47.9 Å². The molecule has 26 heteroatoms. The third-order valence-electron chi connectivity index (χ3n) is 7.44. The van der Waals surface area contributed by atoms with Gasteiger partial charge >= 0.3 is 23.9 Å². The molecule has 0 spiro atoms. The van der Waals surface area contributed by atoms with Crippen LogP contribution in [0.25, 0.3) is 0 Å². The maximum atomic E-state index is 13.3. The number of nitrogens with two attached hydrogens (primary N) is 2. The standard InChI is InChI=1S/C30H44N10O16/c1-12(31)24(49)35-14(2-4-20(32)42)25(50)36-15(3-5-21(43)44)26(51)37-17(8-23(47)48)28(53)40-19(10-41)29(54)38-16(7-22(45)46)27(52)39-18(30(55)56)6-13-9-33-11-34-13/h9,11-12,14-19,41H,2-8,10,31H2,1H3,(H2,32,42)(H,33,34)(H,35,49)(H,36,50)(H,37,51)(H,38,54)(H,39,52)(H,40,53)(H,43,44)(H,45,46)(H,47,48)(H,55,56)/t12-,14-,15-,16-,17-,18-,19-/m0/s1. The minimum atomic E-state index is -2.09. The molecule has 0 fully saturated rings. The lowest BCUT2D eigenvalue weighted by Crippen LogP contribution is -2.60. The zero-order valence-electron chi connectivity index (χ0n) is 29.7. The lowest BCUT2D eigenvalue weighted by atomic mass is 10.1. The third-order valence-corrected chi connectivity index (χ3v) is 7.44. The smallest absolute Gasteiger partial charge is 0.326 e. The summed E-state index contributed by atoms with van der Waals surface area (Å²) in [7, 11) is 0. The number of imidazole rings is 1. The van der Waals surface area contributed by atoms with Crippen LogP contribution in [-0.4, -0.2) is 150 Å². The minimum Gasteiger partial charge on any atom is -0.481 e. The summed E-state index contributed by atoms with van der Waals surface area (Å²) in [6.07, 6.45) is -2.38. The zero-order valence-corrected chi connectivity index (χ0v) is 29.7. The second-order valence-corrected chi connectivity index (χ2v) is 12.1. The van der Waals surface area contributed by atoms with Gasteiger partial charge in [0.1, 0.15) is 36.3 Å². The van der Waals surface area contributed by atoms with Gasteiger partial charge in [-0.05, 0) is 19.8 Å². The number of carbonyl (C=O) groups excluding carboxylic acids is 7. The average molecular weight is 801 g/mol. The van der Waals surface area contributed by atoms with Gasteiger partial charge in [0.05, 0.1) is 31.8 Å². The molecule has 7 amide bonds. The molecule has 0 radical (unpaired) electrons. The first-order valence-corrected chi connectivity index (χ1v) is 16.5. The lowest BCUT2D eigenvalue weighted by molar-refractivity contribution is -0.143. The van der Waals surface area contributed by atoms with Crippen molar-refractivity contribution in [3.8, 4) is 0 Å². The Morgan fingerprint density at radius 3 is 1.43 bits per heavy atom. The van der Waals surface area contributed by atoms with E-state index in [-0.39, 0.29) is 18.5 Å². The van der Waals surface area contributed by atoms with Gasteiger partial charge in [0, 0.05) is 31.2 Å². The van der Waals surface area contributed by atoms with Crippen LogP contribution in [0.5, 0.6) is 0 Å². The Hall–Kier alpha value is -6.70. The largest absolute Gasteiger partial charge is 0.481 e. The highest BCUT2D eigenvalue weighted by molar-refractivity contribution is 5.98. The number of aromatic nitrogens is 2. The van der Waals surface area contributed by atoms with Crippen molar-refractivity contribution in [2.75, 3.05) is 6.61 Å². The van der Waals surface area contributed by atoms with Crippen molar-refractivity contribution in [2.24, 2.45) is 11.5 Å². The normalized spacial score (nSPS) is 14.5. The molecule has 0 bridgehead atoms. The number of carboxylic acid groups (broad SMARTS) is 4. The Labute approximate surface area is 315 Å². The van der Waals surface area contributed by atoms with E-state index in [0.29, 0.717) is 0 Å². The number of amides is 7. The van der Waals surface area contributed by atoms with E-state index >= 15 is 0 Å². The molecule has 310 valence electrons. The molecule has 26 nitrogen and oxygen atoms in total. The predicted molar refractivity (Wildman–Crippen MR) is 182 cm³/mol. The van der Waals surface area contributed by atoms with Crippen LogP contribution in [0.1, 0.15) is 51.1 Å². The first-order valence-electron chi connectivity index (χ1n) is 16.5. The van der Waals surface area contributed by atoms with Crippen molar-refractivity contribution >= 4 is 65.2 Å². The maximum Gasteiger partial charge on any atom is 0.326 e. The molecule has 1 rings (SSSR count). The summed E-state index contributed by atoms with van der Waals surface area (Å²) in [5.41, 5.74) is 10.9. The van der Waals surface area contributed by atoms with E-state index in [0.717, 1.165) is 0 Å². The average Bonchev–Trinajstić information content (AvgIpc) is 3.61. The second-order valence-electron chi connectivity index (χ2n) is 12.1. The zero-order chi connectivity index (χ0) is 42.7. The molecule has 0 aliphatic carbocycles. The molecular weight excluding hydrogens is 756 g/mol. The van der Waals surface area contributed by atoms with Crippen molar-refractivity contribution in [2.45, 2.75) is 94.2 Å². The van der Waals surface area contributed by atoms with E-state index in [1.165, 1.54) is 19.4 Å². The topological polar surface area (TPSA) is 442 Å². The fourth-order valence-corrected chi connectivity index (χ4v) is 4.53. The van der Waals surface area contributed by atoms with E-state index < -0.39 is 146 Å². The number of carbonyl (C=O) groups is 11. The highest BCUT2D eigenvalue weighted by atomic mass is 16.4. The van der Waals surface area contributed by atoms with Crippen molar-refractivity contribution in [1.29, 1.82) is 0 Å². The van der Waals surface area contributed by atoms with Gasteiger partial charge < -0.3 is 73.9 Å². The Kier molecular flexibility index (Phi) is 19.6. The Morgan fingerprint density at radius 2 is 1.04 bits per heavy atom. The Bertz CT molecular complexity index is 1620. The van der Waals surface area contributed by atoms with Crippen molar-refractivity contribution in [3.05, 3.63) is 18.2 Å². The SMILES string of the molecule is C[C@H](N)C(=O)N[C@@H](CCC(N)=O)C(=O)N[C@@H](CCC(=O)O)C(=O)N[C@@H](CC(=O)O)C(=O)N[C@@H](CO)C(=O)N[C@@H](CC(=O)O)C(=O)N[C@@H](Cc1cnc[nH]1)C(=O)O. The molecule has 1 aromatic heterocycles. The molecule has 0 saturated heterocycles. The molecule has 1 aromatic rings. The number of H-pyrrole nitrogens is 1. The molecule has 0 unspecified atom stereocenters. The van der Waals surface area contributed by atoms with Crippen LogP contribution in [0.15, 0.2) is 12.5 Å². The first kappa shape index (κ1) is 47.3. The van der Waals surface area contributed by atoms with E-state index in [2.05, 4.69) is 25.9 Å². The van der Waals surface area contributed by atoms with Gasteiger partial charge in [-0.1, -0.05) is 0 Å². The van der Waals surface area contributed by atoms with E-state index in [4.69, 9.17) is 11.5 Å². The molecule has 1 heterocycles. The molecule has 16 N–H and O–H groups in total. The monoisotopic (exact) mass is 800 g/mol. The summed E-state index contributed by atoms with van der Waals surface area (Å²) in [6.45, 7) is 0.0225. The lowest BCUT2D eigenvalue weighted by Gasteiger charge is -2.26. The number of hydrogen-bond donors (Lipinski definition) is 14. The fourth-order valence-electron chi connectivity index (χ4n) is 4.53. The summed E-state index contributed by atoms with van der Waals surface area (Å²) in [6, 6.07) is -12.2. The number of nitrogens with zero attached hydrogens (tertiary/aromatic N) is 1. The number of aromatic amines is 1. The summed E-state index contributed by atoms with van der Waals surface area (Å²) in [4.78, 5) is 142. The van der Waals surface area contributed by atoms with Crippen LogP contribution in [0, 0.1) is 0 Å². The van der Waals surface area contributed by atoms with E-state index in [1.54, 1.807) is 0 Å². The number of hydrogen-bond acceptors (Lipinski definition) is 14. The van der Waals surface area contributed by atoms with E-state index in [9.17, 15) is 78.3 Å². The molecule has 0 aliphatic heterocycles. The van der Waals surface area contributed by atoms with Gasteiger partial charge in [-0.15, -0.1) is 0 Å². The van der Waals surface area contributed by atoms with Crippen molar-refractivity contribution in [1.82, 2.24) is 41.9 Å². The highest BCUT2D eigenvalue weighted by Crippen LogP contribution is 2.06. The number of aliphatic carboxylic acids is 4. The predicted octanol–water partition coefficient (Wildman–Crippen LogP) is -6.64. The summed E-state index contributed by atoms with van der Waals surface area (Å²) >= 11 is 0.